The smallest absolute Gasteiger partial charge is 0.456 e. The van der Waals surface area contributed by atoms with E-state index in [9.17, 15) is 45.5 Å². The van der Waals surface area contributed by atoms with Crippen LogP contribution in [0.1, 0.15) is 72.1 Å². The van der Waals surface area contributed by atoms with E-state index in [1.165, 1.54) is 0 Å². The summed E-state index contributed by atoms with van der Waals surface area (Å²) in [5.41, 5.74) is -3.61. The molecule has 0 aromatic carbocycles. The largest absolute Gasteiger partial charge is 0.490 e. The zero-order chi connectivity index (χ0) is 27.8. The van der Waals surface area contributed by atoms with E-state index in [1.54, 1.807) is 6.92 Å². The Kier molecular flexibility index (Phi) is 6.55. The van der Waals surface area contributed by atoms with E-state index in [1.807, 2.05) is 6.92 Å². The number of carbonyl (C=O) groups excluding carboxylic acids is 4. The predicted octanol–water partition coefficient (Wildman–Crippen LogP) is 5.12. The number of esters is 2. The molecule has 208 valence electrons. The summed E-state index contributed by atoms with van der Waals surface area (Å²) >= 11 is 0. The van der Waals surface area contributed by atoms with Crippen molar-refractivity contribution in [2.45, 2.75) is 96.2 Å². The van der Waals surface area contributed by atoms with E-state index < -0.39 is 64.4 Å². The Morgan fingerprint density at radius 1 is 0.865 bits per heavy atom. The first-order valence-corrected chi connectivity index (χ1v) is 12.5. The number of ketones is 2. The zero-order valence-electron chi connectivity index (χ0n) is 20.8. The summed E-state index contributed by atoms with van der Waals surface area (Å²) < 4.78 is 86.9. The third-order valence-corrected chi connectivity index (χ3v) is 10.1. The van der Waals surface area contributed by atoms with Gasteiger partial charge in [0.2, 0.25) is 0 Å². The number of alkyl halides is 6. The third kappa shape index (κ3) is 4.26. The Balaban J connectivity index is 1.59. The quantitative estimate of drug-likeness (QED) is 0.365. The van der Waals surface area contributed by atoms with Crippen molar-refractivity contribution in [2.24, 2.45) is 34.5 Å². The average Bonchev–Trinajstić information content (AvgIpc) is 3.06. The first kappa shape index (κ1) is 27.9. The molecule has 0 aromatic heterocycles. The summed E-state index contributed by atoms with van der Waals surface area (Å²) in [6.07, 6.45) is -9.78. The Labute approximate surface area is 209 Å². The molecule has 8 atom stereocenters. The van der Waals surface area contributed by atoms with E-state index in [0.717, 1.165) is 6.92 Å². The summed E-state index contributed by atoms with van der Waals surface area (Å²) in [5.74, 6) is -7.10. The third-order valence-electron chi connectivity index (χ3n) is 10.1. The molecule has 4 rings (SSSR count). The average molecular weight is 540 g/mol. The molecule has 0 saturated heterocycles. The molecule has 4 aliphatic rings. The van der Waals surface area contributed by atoms with Crippen molar-refractivity contribution in [1.29, 1.82) is 0 Å². The van der Waals surface area contributed by atoms with Crippen molar-refractivity contribution in [3.05, 3.63) is 0 Å². The van der Waals surface area contributed by atoms with Crippen molar-refractivity contribution < 1.29 is 55.0 Å². The maximum absolute atomic E-state index is 13.5. The van der Waals surface area contributed by atoms with Gasteiger partial charge in [-0.1, -0.05) is 13.8 Å². The minimum atomic E-state index is -5.27. The van der Waals surface area contributed by atoms with Gasteiger partial charge >= 0.3 is 24.3 Å². The zero-order valence-corrected chi connectivity index (χ0v) is 20.8. The first-order chi connectivity index (χ1) is 16.9. The molecule has 0 heterocycles. The summed E-state index contributed by atoms with van der Waals surface area (Å²) in [6, 6.07) is 0. The lowest BCUT2D eigenvalue weighted by molar-refractivity contribution is -0.228. The molecule has 0 unspecified atom stereocenters. The Morgan fingerprint density at radius 2 is 1.46 bits per heavy atom. The number of halogens is 6. The molecule has 0 N–H and O–H groups in total. The van der Waals surface area contributed by atoms with Gasteiger partial charge in [-0.3, -0.25) is 9.59 Å². The summed E-state index contributed by atoms with van der Waals surface area (Å²) in [6.45, 7) is 4.71. The van der Waals surface area contributed by atoms with Gasteiger partial charge in [-0.05, 0) is 75.0 Å². The number of hydrogen-bond donors (Lipinski definition) is 0. The lowest BCUT2D eigenvalue weighted by atomic mass is 9.44. The SMILES string of the molecule is CC(=O)[C@]1(OC(=O)C(F)(F)F)CC[C@H]2[C@@H]3C(=O)C[C@H]4C[C@@H](OC(=O)C(F)(F)F)CC[C@]4(C)[C@H]3CC[C@@]21C. The Bertz CT molecular complexity index is 1010. The van der Waals surface area contributed by atoms with Crippen LogP contribution in [0.4, 0.5) is 26.3 Å². The summed E-state index contributed by atoms with van der Waals surface area (Å²) in [7, 11) is 0. The van der Waals surface area contributed by atoms with E-state index in [-0.39, 0.29) is 56.1 Å². The topological polar surface area (TPSA) is 86.7 Å². The highest BCUT2D eigenvalue weighted by molar-refractivity contribution is 5.91. The highest BCUT2D eigenvalue weighted by Crippen LogP contribution is 2.68. The van der Waals surface area contributed by atoms with Gasteiger partial charge in [0.1, 0.15) is 11.9 Å². The van der Waals surface area contributed by atoms with Gasteiger partial charge in [0.15, 0.2) is 11.4 Å². The monoisotopic (exact) mass is 540 g/mol. The van der Waals surface area contributed by atoms with Crippen LogP contribution >= 0.6 is 0 Å². The van der Waals surface area contributed by atoms with Crippen molar-refractivity contribution in [3.8, 4) is 0 Å². The molecule has 0 bridgehead atoms. The molecule has 6 nitrogen and oxygen atoms in total. The van der Waals surface area contributed by atoms with Crippen LogP contribution in [0.2, 0.25) is 0 Å². The fraction of sp³-hybridized carbons (Fsp3) is 0.840. The lowest BCUT2D eigenvalue weighted by Crippen LogP contribution is -2.62. The van der Waals surface area contributed by atoms with Gasteiger partial charge in [0.05, 0.1) is 0 Å². The van der Waals surface area contributed by atoms with Gasteiger partial charge < -0.3 is 9.47 Å². The highest BCUT2D eigenvalue weighted by Gasteiger charge is 2.70. The van der Waals surface area contributed by atoms with Crippen LogP contribution in [0, 0.1) is 34.5 Å². The first-order valence-electron chi connectivity index (χ1n) is 12.5. The van der Waals surface area contributed by atoms with Crippen molar-refractivity contribution in [2.75, 3.05) is 0 Å². The number of fused-ring (bicyclic) bond motifs is 5. The molecule has 0 radical (unpaired) electrons. The van der Waals surface area contributed by atoms with Crippen molar-refractivity contribution >= 4 is 23.5 Å². The van der Waals surface area contributed by atoms with Crippen LogP contribution in [0.15, 0.2) is 0 Å². The molecule has 0 aliphatic heterocycles. The van der Waals surface area contributed by atoms with Gasteiger partial charge in [-0.25, -0.2) is 9.59 Å². The number of hydrogen-bond acceptors (Lipinski definition) is 6. The molecule has 4 aliphatic carbocycles. The van der Waals surface area contributed by atoms with E-state index in [0.29, 0.717) is 12.8 Å². The van der Waals surface area contributed by atoms with Gasteiger partial charge in [-0.15, -0.1) is 0 Å². The fourth-order valence-electron chi connectivity index (χ4n) is 8.25. The van der Waals surface area contributed by atoms with Gasteiger partial charge in [0, 0.05) is 17.8 Å². The van der Waals surface area contributed by atoms with Gasteiger partial charge in [-0.2, -0.15) is 26.3 Å². The molecule has 0 aromatic rings. The molecule has 0 amide bonds. The van der Waals surface area contributed by atoms with Gasteiger partial charge in [0.25, 0.3) is 0 Å². The molecule has 4 fully saturated rings. The minimum Gasteiger partial charge on any atom is -0.456 e. The molecule has 37 heavy (non-hydrogen) atoms. The standard InChI is InChI=1S/C25H30F6O6/c1-12(32)23(37-20(35)25(29,30)31)9-6-16-18-15(5-8-22(16,23)3)21(2)7-4-14(10-13(21)11-17(18)33)36-19(34)24(26,27)28/h13-16,18H,4-11H2,1-3H3/t13-,14+,15+,16+,18-,21+,22+,23-/m1/s1. The van der Waals surface area contributed by atoms with Crippen LogP contribution in [-0.2, 0) is 28.7 Å². The number of Topliss-reactive ketones (excluding diaryl/α,β-unsaturated/α-hetero) is 2. The summed E-state index contributed by atoms with van der Waals surface area (Å²) in [5, 5.41) is 0. The van der Waals surface area contributed by atoms with Crippen LogP contribution in [0.5, 0.6) is 0 Å². The van der Waals surface area contributed by atoms with E-state index in [4.69, 9.17) is 4.74 Å². The predicted molar refractivity (Wildman–Crippen MR) is 114 cm³/mol. The lowest BCUT2D eigenvalue weighted by Gasteiger charge is -2.60. The van der Waals surface area contributed by atoms with Crippen molar-refractivity contribution in [1.82, 2.24) is 0 Å². The van der Waals surface area contributed by atoms with Crippen molar-refractivity contribution in [3.63, 3.8) is 0 Å². The van der Waals surface area contributed by atoms with Crippen LogP contribution in [-0.4, -0.2) is 47.6 Å². The second kappa shape index (κ2) is 8.69. The molecular weight excluding hydrogens is 510 g/mol. The normalized spacial score (nSPS) is 41.8. The van der Waals surface area contributed by atoms with E-state index in [2.05, 4.69) is 4.74 Å². The second-order valence-corrected chi connectivity index (χ2v) is 11.7. The highest BCUT2D eigenvalue weighted by atomic mass is 19.4. The maximum atomic E-state index is 13.5. The molecule has 4 saturated carbocycles. The Morgan fingerprint density at radius 3 is 2.03 bits per heavy atom. The fourth-order valence-corrected chi connectivity index (χ4v) is 8.25. The van der Waals surface area contributed by atoms with Crippen LogP contribution < -0.4 is 0 Å². The van der Waals surface area contributed by atoms with E-state index >= 15 is 0 Å². The molecule has 0 spiro atoms. The molecule has 12 heteroatoms. The Hall–Kier alpha value is -2.14. The number of rotatable bonds is 3. The maximum Gasteiger partial charge on any atom is 0.490 e. The second-order valence-electron chi connectivity index (χ2n) is 11.7. The number of ether oxygens (including phenoxy) is 2. The van der Waals surface area contributed by atoms with Crippen LogP contribution in [0.25, 0.3) is 0 Å². The minimum absolute atomic E-state index is 0.0414. The molecular formula is C25H30F6O6. The summed E-state index contributed by atoms with van der Waals surface area (Å²) in [4.78, 5) is 49.4. The van der Waals surface area contributed by atoms with Crippen LogP contribution in [0.3, 0.4) is 0 Å². The number of carbonyl (C=O) groups is 4.